The number of nitrogens with zero attached hydrogens (tertiary/aromatic N) is 2. The summed E-state index contributed by atoms with van der Waals surface area (Å²) in [6.07, 6.45) is 2.98. The quantitative estimate of drug-likeness (QED) is 0.919. The number of carboxylic acid groups (broad SMARTS) is 1. The number of hydrogen-bond donors (Lipinski definition) is 1. The van der Waals surface area contributed by atoms with Gasteiger partial charge >= 0.3 is 5.97 Å². The number of rotatable bonds is 3. The zero-order valence-electron chi connectivity index (χ0n) is 10.8. The van der Waals surface area contributed by atoms with Crippen molar-refractivity contribution in [2.45, 2.75) is 26.2 Å². The van der Waals surface area contributed by atoms with Gasteiger partial charge in [-0.1, -0.05) is 6.92 Å². The van der Waals surface area contributed by atoms with E-state index in [9.17, 15) is 9.90 Å². The minimum absolute atomic E-state index is 0.258. The Morgan fingerprint density at radius 1 is 1.42 bits per heavy atom. The van der Waals surface area contributed by atoms with Crippen LogP contribution in [-0.4, -0.2) is 29.1 Å². The number of oxazole rings is 1. The standard InChI is InChI=1S/C14H16N2O3/c1-2-12-15-13-10(16-5-3-4-6-16)7-9(14(17)18)8-11(13)19-12/h7-8H,2-6H2,1H3,(H,17,18). The van der Waals surface area contributed by atoms with Crippen molar-refractivity contribution < 1.29 is 14.3 Å². The van der Waals surface area contributed by atoms with Crippen molar-refractivity contribution in [3.8, 4) is 0 Å². The van der Waals surface area contributed by atoms with Crippen LogP contribution in [0.25, 0.3) is 11.1 Å². The Labute approximate surface area is 110 Å². The number of benzene rings is 1. The molecule has 2 heterocycles. The second-order valence-corrected chi connectivity index (χ2v) is 4.80. The van der Waals surface area contributed by atoms with E-state index in [1.54, 1.807) is 12.1 Å². The highest BCUT2D eigenvalue weighted by Crippen LogP contribution is 2.31. The van der Waals surface area contributed by atoms with E-state index in [1.165, 1.54) is 0 Å². The van der Waals surface area contributed by atoms with Gasteiger partial charge in [-0.25, -0.2) is 9.78 Å². The molecule has 0 amide bonds. The molecule has 3 rings (SSSR count). The fourth-order valence-corrected chi connectivity index (χ4v) is 2.53. The van der Waals surface area contributed by atoms with E-state index in [0.717, 1.165) is 37.1 Å². The molecule has 5 nitrogen and oxygen atoms in total. The number of aryl methyl sites for hydroxylation is 1. The maximum absolute atomic E-state index is 11.2. The minimum atomic E-state index is -0.934. The Morgan fingerprint density at radius 3 is 2.79 bits per heavy atom. The minimum Gasteiger partial charge on any atom is -0.478 e. The Bertz CT molecular complexity index is 627. The second kappa shape index (κ2) is 4.57. The molecule has 0 bridgehead atoms. The summed E-state index contributed by atoms with van der Waals surface area (Å²) in [6, 6.07) is 3.27. The summed E-state index contributed by atoms with van der Waals surface area (Å²) in [4.78, 5) is 17.9. The van der Waals surface area contributed by atoms with Crippen molar-refractivity contribution in [3.05, 3.63) is 23.6 Å². The predicted octanol–water partition coefficient (Wildman–Crippen LogP) is 2.69. The average molecular weight is 260 g/mol. The number of carboxylic acids is 1. The van der Waals surface area contributed by atoms with E-state index < -0.39 is 5.97 Å². The number of anilines is 1. The van der Waals surface area contributed by atoms with Crippen molar-refractivity contribution in [2.24, 2.45) is 0 Å². The molecule has 0 aliphatic carbocycles. The topological polar surface area (TPSA) is 66.6 Å². The lowest BCUT2D eigenvalue weighted by Gasteiger charge is -2.18. The maximum atomic E-state index is 11.2. The summed E-state index contributed by atoms with van der Waals surface area (Å²) in [5.41, 5.74) is 2.49. The fourth-order valence-electron chi connectivity index (χ4n) is 2.53. The predicted molar refractivity (Wildman–Crippen MR) is 71.8 cm³/mol. The first-order valence-corrected chi connectivity index (χ1v) is 6.60. The van der Waals surface area contributed by atoms with Crippen LogP contribution in [0.1, 0.15) is 36.0 Å². The van der Waals surface area contributed by atoms with Crippen LogP contribution >= 0.6 is 0 Å². The molecule has 0 radical (unpaired) electrons. The van der Waals surface area contributed by atoms with Gasteiger partial charge in [0, 0.05) is 19.5 Å². The molecule has 1 N–H and O–H groups in total. The van der Waals surface area contributed by atoms with Gasteiger partial charge in [-0.2, -0.15) is 0 Å². The van der Waals surface area contributed by atoms with E-state index in [1.807, 2.05) is 6.92 Å². The first kappa shape index (κ1) is 12.0. The molecule has 0 spiro atoms. The molecule has 5 heteroatoms. The fraction of sp³-hybridized carbons (Fsp3) is 0.429. The van der Waals surface area contributed by atoms with Crippen molar-refractivity contribution in [1.29, 1.82) is 0 Å². The summed E-state index contributed by atoms with van der Waals surface area (Å²) in [5, 5.41) is 9.19. The smallest absolute Gasteiger partial charge is 0.335 e. The molecule has 19 heavy (non-hydrogen) atoms. The maximum Gasteiger partial charge on any atom is 0.335 e. The lowest BCUT2D eigenvalue weighted by atomic mass is 10.1. The van der Waals surface area contributed by atoms with E-state index in [-0.39, 0.29) is 5.56 Å². The molecule has 1 saturated heterocycles. The van der Waals surface area contributed by atoms with Gasteiger partial charge in [-0.15, -0.1) is 0 Å². The van der Waals surface area contributed by atoms with Crippen LogP contribution in [0, 0.1) is 0 Å². The number of carbonyl (C=O) groups is 1. The molecular formula is C14H16N2O3. The molecule has 1 aliphatic rings. The van der Waals surface area contributed by atoms with E-state index >= 15 is 0 Å². The largest absolute Gasteiger partial charge is 0.478 e. The third-order valence-corrected chi connectivity index (χ3v) is 3.52. The van der Waals surface area contributed by atoms with Crippen LogP contribution < -0.4 is 4.90 Å². The Kier molecular flexibility index (Phi) is 2.89. The summed E-state index contributed by atoms with van der Waals surface area (Å²) < 4.78 is 5.61. The van der Waals surface area contributed by atoms with Crippen LogP contribution in [0.2, 0.25) is 0 Å². The van der Waals surface area contributed by atoms with Gasteiger partial charge in [0.05, 0.1) is 11.3 Å². The zero-order chi connectivity index (χ0) is 13.4. The second-order valence-electron chi connectivity index (χ2n) is 4.80. The third-order valence-electron chi connectivity index (χ3n) is 3.52. The number of fused-ring (bicyclic) bond motifs is 1. The van der Waals surface area contributed by atoms with Crippen LogP contribution in [0.5, 0.6) is 0 Å². The molecule has 1 aliphatic heterocycles. The number of aromatic nitrogens is 1. The summed E-state index contributed by atoms with van der Waals surface area (Å²) in [7, 11) is 0. The summed E-state index contributed by atoms with van der Waals surface area (Å²) in [6.45, 7) is 3.87. The molecule has 0 saturated carbocycles. The molecule has 1 aromatic carbocycles. The Morgan fingerprint density at radius 2 is 2.16 bits per heavy atom. The van der Waals surface area contributed by atoms with Gasteiger partial charge in [0.25, 0.3) is 0 Å². The van der Waals surface area contributed by atoms with Crippen LogP contribution in [0.4, 0.5) is 5.69 Å². The lowest BCUT2D eigenvalue weighted by Crippen LogP contribution is -2.18. The SMILES string of the molecule is CCc1nc2c(N3CCCC3)cc(C(=O)O)cc2o1. The zero-order valence-corrected chi connectivity index (χ0v) is 10.8. The summed E-state index contributed by atoms with van der Waals surface area (Å²) in [5.74, 6) is -0.283. The molecule has 2 aromatic rings. The molecule has 100 valence electrons. The molecule has 0 unspecified atom stereocenters. The first-order chi connectivity index (χ1) is 9.19. The van der Waals surface area contributed by atoms with Gasteiger partial charge in [-0.3, -0.25) is 0 Å². The highest BCUT2D eigenvalue weighted by molar-refractivity contribution is 5.97. The van der Waals surface area contributed by atoms with Gasteiger partial charge in [-0.05, 0) is 25.0 Å². The highest BCUT2D eigenvalue weighted by atomic mass is 16.4. The third kappa shape index (κ3) is 2.05. The molecule has 1 aromatic heterocycles. The Hall–Kier alpha value is -2.04. The van der Waals surface area contributed by atoms with Gasteiger partial charge in [0.15, 0.2) is 11.5 Å². The van der Waals surface area contributed by atoms with E-state index in [4.69, 9.17) is 4.42 Å². The number of aromatic carboxylic acids is 1. The lowest BCUT2D eigenvalue weighted by molar-refractivity contribution is 0.0697. The van der Waals surface area contributed by atoms with Crippen LogP contribution in [0.15, 0.2) is 16.5 Å². The molecule has 0 atom stereocenters. The van der Waals surface area contributed by atoms with Crippen molar-refractivity contribution in [3.63, 3.8) is 0 Å². The van der Waals surface area contributed by atoms with Crippen molar-refractivity contribution >= 4 is 22.8 Å². The van der Waals surface area contributed by atoms with Crippen LogP contribution in [0.3, 0.4) is 0 Å². The monoisotopic (exact) mass is 260 g/mol. The molecule has 1 fully saturated rings. The summed E-state index contributed by atoms with van der Waals surface area (Å²) >= 11 is 0. The average Bonchev–Trinajstić information content (AvgIpc) is 3.05. The molecular weight excluding hydrogens is 244 g/mol. The first-order valence-electron chi connectivity index (χ1n) is 6.60. The van der Waals surface area contributed by atoms with E-state index in [2.05, 4.69) is 9.88 Å². The van der Waals surface area contributed by atoms with E-state index in [0.29, 0.717) is 17.9 Å². The van der Waals surface area contributed by atoms with Crippen LogP contribution in [-0.2, 0) is 6.42 Å². The van der Waals surface area contributed by atoms with Gasteiger partial charge in [0.1, 0.15) is 5.52 Å². The normalized spacial score (nSPS) is 15.3. The number of hydrogen-bond acceptors (Lipinski definition) is 4. The Balaban J connectivity index is 2.20. The van der Waals surface area contributed by atoms with Gasteiger partial charge < -0.3 is 14.4 Å². The van der Waals surface area contributed by atoms with Crippen molar-refractivity contribution in [2.75, 3.05) is 18.0 Å². The van der Waals surface area contributed by atoms with Crippen molar-refractivity contribution in [1.82, 2.24) is 4.98 Å². The highest BCUT2D eigenvalue weighted by Gasteiger charge is 2.20. The van der Waals surface area contributed by atoms with Gasteiger partial charge in [0.2, 0.25) is 0 Å².